The second kappa shape index (κ2) is 3.96. The average molecular weight is 194 g/mol. The fourth-order valence-corrected chi connectivity index (χ4v) is 2.03. The van der Waals surface area contributed by atoms with Crippen LogP contribution in [0.2, 0.25) is 0 Å². The fraction of sp³-hybridized carbons (Fsp3) is 0.455. The largest absolute Gasteiger partial charge is 0.398 e. The maximum atomic E-state index is 12.8. The van der Waals surface area contributed by atoms with Crippen LogP contribution in [0.5, 0.6) is 0 Å². The molecule has 3 heteroatoms. The van der Waals surface area contributed by atoms with E-state index in [0.29, 0.717) is 11.6 Å². The summed E-state index contributed by atoms with van der Waals surface area (Å²) < 4.78 is 12.8. The van der Waals surface area contributed by atoms with Gasteiger partial charge < -0.3 is 11.1 Å². The van der Waals surface area contributed by atoms with Gasteiger partial charge in [-0.2, -0.15) is 0 Å². The van der Waals surface area contributed by atoms with Crippen LogP contribution >= 0.6 is 0 Å². The van der Waals surface area contributed by atoms with Gasteiger partial charge in [-0.3, -0.25) is 0 Å². The Labute approximate surface area is 83.3 Å². The van der Waals surface area contributed by atoms with Crippen LogP contribution in [-0.2, 0) is 0 Å². The predicted molar refractivity (Wildman–Crippen MR) is 55.7 cm³/mol. The molecule has 1 fully saturated rings. The zero-order chi connectivity index (χ0) is 9.97. The SMILES string of the molecule is Nc1cc(F)ccc1C1CCCNC1. The maximum Gasteiger partial charge on any atom is 0.125 e. The summed E-state index contributed by atoms with van der Waals surface area (Å²) in [7, 11) is 0. The summed E-state index contributed by atoms with van der Waals surface area (Å²) in [4.78, 5) is 0. The number of nitrogen functional groups attached to an aromatic ring is 1. The molecule has 0 amide bonds. The second-order valence-electron chi connectivity index (χ2n) is 3.82. The van der Waals surface area contributed by atoms with Crippen LogP contribution in [-0.4, -0.2) is 13.1 Å². The van der Waals surface area contributed by atoms with Gasteiger partial charge in [0.1, 0.15) is 5.82 Å². The lowest BCUT2D eigenvalue weighted by molar-refractivity contribution is 0.462. The molecular weight excluding hydrogens is 179 g/mol. The molecule has 14 heavy (non-hydrogen) atoms. The van der Waals surface area contributed by atoms with Crippen molar-refractivity contribution >= 4 is 5.69 Å². The van der Waals surface area contributed by atoms with Crippen LogP contribution in [0, 0.1) is 5.82 Å². The third-order valence-electron chi connectivity index (χ3n) is 2.79. The molecule has 0 aromatic heterocycles. The first kappa shape index (κ1) is 9.46. The van der Waals surface area contributed by atoms with E-state index < -0.39 is 0 Å². The monoisotopic (exact) mass is 194 g/mol. The zero-order valence-electron chi connectivity index (χ0n) is 8.09. The smallest absolute Gasteiger partial charge is 0.125 e. The Morgan fingerprint density at radius 1 is 1.43 bits per heavy atom. The van der Waals surface area contributed by atoms with Crippen molar-refractivity contribution in [3.63, 3.8) is 0 Å². The van der Waals surface area contributed by atoms with Crippen LogP contribution in [0.25, 0.3) is 0 Å². The molecule has 0 saturated carbocycles. The molecule has 1 aliphatic rings. The van der Waals surface area contributed by atoms with Crippen LogP contribution in [0.15, 0.2) is 18.2 Å². The van der Waals surface area contributed by atoms with E-state index in [1.165, 1.54) is 18.6 Å². The lowest BCUT2D eigenvalue weighted by atomic mass is 9.90. The molecule has 1 atom stereocenters. The van der Waals surface area contributed by atoms with Gasteiger partial charge in [0.25, 0.3) is 0 Å². The minimum Gasteiger partial charge on any atom is -0.398 e. The van der Waals surface area contributed by atoms with Gasteiger partial charge >= 0.3 is 0 Å². The van der Waals surface area contributed by atoms with E-state index in [9.17, 15) is 4.39 Å². The van der Waals surface area contributed by atoms with Crippen molar-refractivity contribution in [1.29, 1.82) is 0 Å². The highest BCUT2D eigenvalue weighted by molar-refractivity contribution is 5.49. The van der Waals surface area contributed by atoms with E-state index in [0.717, 1.165) is 25.1 Å². The number of piperidine rings is 1. The Morgan fingerprint density at radius 2 is 2.29 bits per heavy atom. The lowest BCUT2D eigenvalue weighted by Gasteiger charge is -2.24. The molecule has 76 valence electrons. The molecule has 1 heterocycles. The van der Waals surface area contributed by atoms with Gasteiger partial charge in [-0.1, -0.05) is 6.07 Å². The Hall–Kier alpha value is -1.09. The van der Waals surface area contributed by atoms with Crippen LogP contribution < -0.4 is 11.1 Å². The molecule has 1 unspecified atom stereocenters. The summed E-state index contributed by atoms with van der Waals surface area (Å²) >= 11 is 0. The summed E-state index contributed by atoms with van der Waals surface area (Å²) in [5, 5.41) is 3.33. The fourth-order valence-electron chi connectivity index (χ4n) is 2.03. The van der Waals surface area contributed by atoms with Crippen molar-refractivity contribution in [1.82, 2.24) is 5.32 Å². The first-order valence-electron chi connectivity index (χ1n) is 5.03. The quantitative estimate of drug-likeness (QED) is 0.670. The van der Waals surface area contributed by atoms with Crippen molar-refractivity contribution in [2.24, 2.45) is 0 Å². The second-order valence-corrected chi connectivity index (χ2v) is 3.82. The van der Waals surface area contributed by atoms with Gasteiger partial charge in [-0.05, 0) is 43.0 Å². The van der Waals surface area contributed by atoms with Gasteiger partial charge in [-0.15, -0.1) is 0 Å². The van der Waals surface area contributed by atoms with Crippen molar-refractivity contribution in [3.05, 3.63) is 29.6 Å². The Bertz CT molecular complexity index is 319. The number of nitrogens with two attached hydrogens (primary N) is 1. The molecular formula is C11H15FN2. The van der Waals surface area contributed by atoms with Crippen molar-refractivity contribution in [2.45, 2.75) is 18.8 Å². The number of benzene rings is 1. The number of halogens is 1. The first-order chi connectivity index (χ1) is 6.77. The van der Waals surface area contributed by atoms with Crippen LogP contribution in [0.1, 0.15) is 24.3 Å². The van der Waals surface area contributed by atoms with Crippen LogP contribution in [0.4, 0.5) is 10.1 Å². The van der Waals surface area contributed by atoms with Crippen molar-refractivity contribution in [2.75, 3.05) is 18.8 Å². The highest BCUT2D eigenvalue weighted by Gasteiger charge is 2.17. The maximum absolute atomic E-state index is 12.8. The number of anilines is 1. The molecule has 1 aromatic carbocycles. The van der Waals surface area contributed by atoms with Crippen molar-refractivity contribution in [3.8, 4) is 0 Å². The molecule has 3 N–H and O–H groups in total. The van der Waals surface area contributed by atoms with E-state index in [2.05, 4.69) is 5.32 Å². The summed E-state index contributed by atoms with van der Waals surface area (Å²) in [5.74, 6) is 0.194. The molecule has 0 aliphatic carbocycles. The zero-order valence-corrected chi connectivity index (χ0v) is 8.09. The summed E-state index contributed by atoms with van der Waals surface area (Å²) in [5.41, 5.74) is 7.45. The minimum atomic E-state index is -0.255. The molecule has 1 aliphatic heterocycles. The van der Waals surface area contributed by atoms with Crippen LogP contribution in [0.3, 0.4) is 0 Å². The molecule has 0 spiro atoms. The van der Waals surface area contributed by atoms with Gasteiger partial charge in [0.15, 0.2) is 0 Å². The highest BCUT2D eigenvalue weighted by Crippen LogP contribution is 2.28. The minimum absolute atomic E-state index is 0.255. The molecule has 1 saturated heterocycles. The van der Waals surface area contributed by atoms with Crippen molar-refractivity contribution < 1.29 is 4.39 Å². The normalized spacial score (nSPS) is 22.2. The topological polar surface area (TPSA) is 38.0 Å². The Kier molecular flexibility index (Phi) is 2.68. The summed E-state index contributed by atoms with van der Waals surface area (Å²) in [6, 6.07) is 4.70. The van der Waals surface area contributed by atoms with E-state index in [1.807, 2.05) is 6.07 Å². The third-order valence-corrected chi connectivity index (χ3v) is 2.79. The summed E-state index contributed by atoms with van der Waals surface area (Å²) in [6.45, 7) is 2.04. The lowest BCUT2D eigenvalue weighted by Crippen LogP contribution is -2.28. The number of hydrogen-bond acceptors (Lipinski definition) is 2. The third kappa shape index (κ3) is 1.87. The molecule has 2 rings (SSSR count). The molecule has 1 aromatic rings. The Balaban J connectivity index is 2.22. The Morgan fingerprint density at radius 3 is 2.93 bits per heavy atom. The van der Waals surface area contributed by atoms with Gasteiger partial charge in [0.05, 0.1) is 0 Å². The van der Waals surface area contributed by atoms with E-state index >= 15 is 0 Å². The molecule has 0 radical (unpaired) electrons. The summed E-state index contributed by atoms with van der Waals surface area (Å²) in [6.07, 6.45) is 2.31. The van der Waals surface area contributed by atoms with E-state index in [-0.39, 0.29) is 5.82 Å². The number of nitrogens with one attached hydrogen (secondary N) is 1. The van der Waals surface area contributed by atoms with E-state index in [4.69, 9.17) is 5.73 Å². The molecule has 2 nitrogen and oxygen atoms in total. The predicted octanol–water partition coefficient (Wildman–Crippen LogP) is 1.87. The highest BCUT2D eigenvalue weighted by atomic mass is 19.1. The average Bonchev–Trinajstić information content (AvgIpc) is 2.19. The van der Waals surface area contributed by atoms with E-state index in [1.54, 1.807) is 0 Å². The van der Waals surface area contributed by atoms with Gasteiger partial charge in [0, 0.05) is 12.2 Å². The van der Waals surface area contributed by atoms with Gasteiger partial charge in [0.2, 0.25) is 0 Å². The standard InChI is InChI=1S/C11H15FN2/c12-9-3-4-10(11(13)6-9)8-2-1-5-14-7-8/h3-4,6,8,14H,1-2,5,7,13H2. The van der Waals surface area contributed by atoms with Gasteiger partial charge in [-0.25, -0.2) is 4.39 Å². The number of rotatable bonds is 1. The molecule has 0 bridgehead atoms. The number of hydrogen-bond donors (Lipinski definition) is 2. The first-order valence-corrected chi connectivity index (χ1v) is 5.03.